The average molecular weight is 635 g/mol. The predicted octanol–water partition coefficient (Wildman–Crippen LogP) is 14.0. The molecule has 0 atom stereocenters. The summed E-state index contributed by atoms with van der Waals surface area (Å²) in [4.78, 5) is 0. The molecule has 0 unspecified atom stereocenters. The molecule has 2 heteroatoms. The van der Waals surface area contributed by atoms with E-state index >= 15 is 0 Å². The lowest BCUT2D eigenvalue weighted by Gasteiger charge is -2.24. The SMILES string of the molecule is c1ccc2cc(-c3ccc4c5ccccc5c5oc6c(-c7ccc8ccccc8c7)ccc7c8ccccc8c8oc3c4c5-c8c67)ccc2c1. The molecule has 50 heavy (non-hydrogen) atoms. The van der Waals surface area contributed by atoms with Crippen molar-refractivity contribution >= 4 is 87.0 Å². The molecule has 230 valence electrons. The fourth-order valence-corrected chi connectivity index (χ4v) is 8.71. The summed E-state index contributed by atoms with van der Waals surface area (Å²) in [5, 5.41) is 13.9. The Morgan fingerprint density at radius 3 is 1.14 bits per heavy atom. The maximum atomic E-state index is 7.35. The third-order valence-electron chi connectivity index (χ3n) is 11.0. The Morgan fingerprint density at radius 2 is 0.680 bits per heavy atom. The van der Waals surface area contributed by atoms with Crippen LogP contribution in [0.25, 0.3) is 120 Å². The highest BCUT2D eigenvalue weighted by atomic mass is 16.3. The van der Waals surface area contributed by atoms with Crippen molar-refractivity contribution in [3.63, 3.8) is 0 Å². The summed E-state index contributed by atoms with van der Waals surface area (Å²) in [6, 6.07) is 56.8. The lowest BCUT2D eigenvalue weighted by Crippen LogP contribution is -1.99. The molecule has 0 fully saturated rings. The first-order chi connectivity index (χ1) is 24.8. The Bertz CT molecular complexity index is 3090. The molecule has 2 aliphatic heterocycles. The molecule has 2 nitrogen and oxygen atoms in total. The highest BCUT2D eigenvalue weighted by Crippen LogP contribution is 2.55. The van der Waals surface area contributed by atoms with Gasteiger partial charge in [0.05, 0.1) is 0 Å². The van der Waals surface area contributed by atoms with Gasteiger partial charge < -0.3 is 8.83 Å². The average Bonchev–Trinajstić information content (AvgIpc) is 3.19. The molecule has 0 N–H and O–H groups in total. The van der Waals surface area contributed by atoms with Gasteiger partial charge in [-0.3, -0.25) is 0 Å². The van der Waals surface area contributed by atoms with Crippen molar-refractivity contribution in [2.24, 2.45) is 0 Å². The van der Waals surface area contributed by atoms with Crippen LogP contribution in [-0.2, 0) is 0 Å². The minimum Gasteiger partial charge on any atom is -0.455 e. The maximum absolute atomic E-state index is 7.35. The summed E-state index contributed by atoms with van der Waals surface area (Å²) in [6.07, 6.45) is 0. The Morgan fingerprint density at radius 1 is 0.280 bits per heavy atom. The first-order valence-corrected chi connectivity index (χ1v) is 17.2. The van der Waals surface area contributed by atoms with Gasteiger partial charge in [-0.05, 0) is 78.5 Å². The number of rotatable bonds is 2. The molecule has 0 aliphatic carbocycles. The van der Waals surface area contributed by atoms with Crippen LogP contribution >= 0.6 is 0 Å². The zero-order valence-corrected chi connectivity index (χ0v) is 26.8. The van der Waals surface area contributed by atoms with Crippen LogP contribution in [0.4, 0.5) is 0 Å². The first-order valence-electron chi connectivity index (χ1n) is 17.2. The number of benzene rings is 10. The highest BCUT2D eigenvalue weighted by molar-refractivity contribution is 6.37. The lowest BCUT2D eigenvalue weighted by atomic mass is 9.83. The predicted molar refractivity (Wildman–Crippen MR) is 210 cm³/mol. The van der Waals surface area contributed by atoms with Crippen molar-refractivity contribution in [2.75, 3.05) is 0 Å². The summed E-state index contributed by atoms with van der Waals surface area (Å²) in [7, 11) is 0. The Hall–Kier alpha value is -6.64. The van der Waals surface area contributed by atoms with E-state index in [1.165, 1.54) is 32.3 Å². The van der Waals surface area contributed by atoms with Gasteiger partial charge in [-0.25, -0.2) is 0 Å². The molecular weight excluding hydrogens is 609 g/mol. The minimum absolute atomic E-state index is 0.884. The van der Waals surface area contributed by atoms with Gasteiger partial charge in [0.25, 0.3) is 0 Å². The molecule has 2 aliphatic rings. The van der Waals surface area contributed by atoms with E-state index in [4.69, 9.17) is 8.83 Å². The summed E-state index contributed by atoms with van der Waals surface area (Å²) in [5.41, 5.74) is 10.2. The summed E-state index contributed by atoms with van der Waals surface area (Å²) in [5.74, 6) is 0. The summed E-state index contributed by atoms with van der Waals surface area (Å²) >= 11 is 0. The molecule has 10 aromatic rings. The van der Waals surface area contributed by atoms with Gasteiger partial charge in [0.2, 0.25) is 0 Å². The fourth-order valence-electron chi connectivity index (χ4n) is 8.71. The normalized spacial score (nSPS) is 12.4. The molecule has 0 aromatic heterocycles. The third-order valence-corrected chi connectivity index (χ3v) is 11.0. The van der Waals surface area contributed by atoms with Gasteiger partial charge in [-0.1, -0.05) is 133 Å². The van der Waals surface area contributed by atoms with E-state index in [1.54, 1.807) is 0 Å². The van der Waals surface area contributed by atoms with Crippen LogP contribution in [0.2, 0.25) is 0 Å². The van der Waals surface area contributed by atoms with Crippen LogP contribution in [0.5, 0.6) is 0 Å². The Kier molecular flexibility index (Phi) is 5.00. The van der Waals surface area contributed by atoms with Crippen molar-refractivity contribution in [2.45, 2.75) is 0 Å². The number of hydrogen-bond acceptors (Lipinski definition) is 2. The number of hydrogen-bond donors (Lipinski definition) is 0. The molecule has 12 rings (SSSR count). The molecule has 0 radical (unpaired) electrons. The zero-order valence-electron chi connectivity index (χ0n) is 26.8. The number of fused-ring (bicyclic) bond motifs is 8. The minimum atomic E-state index is 0.884. The lowest BCUT2D eigenvalue weighted by molar-refractivity contribution is 0.652. The monoisotopic (exact) mass is 634 g/mol. The molecule has 0 amide bonds. The molecule has 0 saturated heterocycles. The second-order valence-corrected chi connectivity index (χ2v) is 13.6. The van der Waals surface area contributed by atoms with E-state index in [0.29, 0.717) is 0 Å². The van der Waals surface area contributed by atoms with E-state index in [0.717, 1.165) is 88.0 Å². The summed E-state index contributed by atoms with van der Waals surface area (Å²) in [6.45, 7) is 0. The van der Waals surface area contributed by atoms with Gasteiger partial charge in [0.15, 0.2) is 0 Å². The van der Waals surface area contributed by atoms with E-state index in [-0.39, 0.29) is 0 Å². The van der Waals surface area contributed by atoms with Crippen molar-refractivity contribution in [3.8, 4) is 33.4 Å². The van der Waals surface area contributed by atoms with Gasteiger partial charge in [-0.15, -0.1) is 0 Å². The van der Waals surface area contributed by atoms with Crippen molar-refractivity contribution < 1.29 is 8.83 Å². The van der Waals surface area contributed by atoms with Crippen molar-refractivity contribution in [1.29, 1.82) is 0 Å². The zero-order chi connectivity index (χ0) is 32.5. The second kappa shape index (κ2) is 9.49. The quantitative estimate of drug-likeness (QED) is 0.140. The molecule has 10 aromatic carbocycles. The highest BCUT2D eigenvalue weighted by Gasteiger charge is 2.30. The van der Waals surface area contributed by atoms with Crippen LogP contribution in [-0.4, -0.2) is 0 Å². The molecule has 0 bridgehead atoms. The second-order valence-electron chi connectivity index (χ2n) is 13.6. The molecule has 2 heterocycles. The van der Waals surface area contributed by atoms with Crippen LogP contribution in [0.3, 0.4) is 0 Å². The Balaban J connectivity index is 1.32. The van der Waals surface area contributed by atoms with Crippen LogP contribution in [0, 0.1) is 0 Å². The standard InChI is InChI=1S/C48H26O2/c1-3-11-29-25-31(19-17-27(29)9-1)33-21-23-37-35-13-5-8-16-40(35)48-43-41(37)45(33)49-47-39-15-7-6-14-36(39)38-24-22-34(46(50-48)42(38)44(43)47)32-20-18-28-10-2-4-12-30(28)26-32/h1-26H. The smallest absolute Gasteiger partial charge is 0.144 e. The van der Waals surface area contributed by atoms with Crippen LogP contribution < -0.4 is 0 Å². The maximum Gasteiger partial charge on any atom is 0.144 e. The molecule has 0 saturated carbocycles. The van der Waals surface area contributed by atoms with Crippen LogP contribution in [0.1, 0.15) is 0 Å². The van der Waals surface area contributed by atoms with Crippen molar-refractivity contribution in [3.05, 3.63) is 158 Å². The summed E-state index contributed by atoms with van der Waals surface area (Å²) < 4.78 is 14.7. The van der Waals surface area contributed by atoms with Crippen LogP contribution in [0.15, 0.2) is 167 Å². The van der Waals surface area contributed by atoms with E-state index in [1.807, 2.05) is 0 Å². The first kappa shape index (κ1) is 26.3. The van der Waals surface area contributed by atoms with Crippen molar-refractivity contribution in [1.82, 2.24) is 0 Å². The van der Waals surface area contributed by atoms with Gasteiger partial charge in [0, 0.05) is 43.8 Å². The topological polar surface area (TPSA) is 26.3 Å². The van der Waals surface area contributed by atoms with Gasteiger partial charge >= 0.3 is 0 Å². The van der Waals surface area contributed by atoms with E-state index < -0.39 is 0 Å². The van der Waals surface area contributed by atoms with E-state index in [2.05, 4.69) is 158 Å². The fraction of sp³-hybridized carbons (Fsp3) is 0. The van der Waals surface area contributed by atoms with Gasteiger partial charge in [0.1, 0.15) is 22.3 Å². The van der Waals surface area contributed by atoms with E-state index in [9.17, 15) is 0 Å². The largest absolute Gasteiger partial charge is 0.455 e. The molecule has 0 spiro atoms. The Labute approximate surface area is 286 Å². The van der Waals surface area contributed by atoms with Gasteiger partial charge in [-0.2, -0.15) is 0 Å². The third kappa shape index (κ3) is 3.37. The molecular formula is C48H26O2.